The Balaban J connectivity index is 1.63. The van der Waals surface area contributed by atoms with Crippen LogP contribution in [0.15, 0.2) is 42.5 Å². The van der Waals surface area contributed by atoms with Crippen LogP contribution < -0.4 is 15.4 Å². The van der Waals surface area contributed by atoms with Crippen LogP contribution in [0.2, 0.25) is 0 Å². The number of ether oxygens (including phenoxy) is 1. The van der Waals surface area contributed by atoms with E-state index in [0.29, 0.717) is 23.5 Å². The third kappa shape index (κ3) is 5.33. The number of nitrogens with one attached hydrogen (secondary N) is 2. The van der Waals surface area contributed by atoms with Crippen molar-refractivity contribution in [3.63, 3.8) is 0 Å². The van der Waals surface area contributed by atoms with Gasteiger partial charge in [-0.15, -0.1) is 0 Å². The highest BCUT2D eigenvalue weighted by Crippen LogP contribution is 2.31. The Morgan fingerprint density at radius 3 is 2.48 bits per heavy atom. The van der Waals surface area contributed by atoms with Crippen LogP contribution in [-0.4, -0.2) is 18.4 Å². The maximum atomic E-state index is 12.6. The van der Waals surface area contributed by atoms with Crippen LogP contribution in [0.5, 0.6) is 5.75 Å². The van der Waals surface area contributed by atoms with Crippen LogP contribution in [-0.2, 0) is 4.79 Å². The van der Waals surface area contributed by atoms with Gasteiger partial charge in [-0.2, -0.15) is 0 Å². The van der Waals surface area contributed by atoms with E-state index in [0.717, 1.165) is 37.0 Å². The van der Waals surface area contributed by atoms with Crippen molar-refractivity contribution >= 4 is 23.2 Å². The molecule has 3 rings (SSSR count). The first-order chi connectivity index (χ1) is 13.1. The molecule has 5 heteroatoms. The van der Waals surface area contributed by atoms with Gasteiger partial charge in [-0.25, -0.2) is 0 Å². The molecule has 1 aliphatic rings. The lowest BCUT2D eigenvalue weighted by molar-refractivity contribution is -0.117. The number of amides is 2. The van der Waals surface area contributed by atoms with E-state index in [9.17, 15) is 9.59 Å². The molecule has 0 saturated heterocycles. The molecule has 0 radical (unpaired) electrons. The molecule has 2 aromatic carbocycles. The molecule has 142 valence electrons. The quantitative estimate of drug-likeness (QED) is 0.661. The first kappa shape index (κ1) is 19.0. The van der Waals surface area contributed by atoms with Crippen LogP contribution >= 0.6 is 0 Å². The zero-order chi connectivity index (χ0) is 19.2. The molecule has 0 aliphatic heterocycles. The zero-order valence-corrected chi connectivity index (χ0v) is 15.9. The zero-order valence-electron chi connectivity index (χ0n) is 15.9. The lowest BCUT2D eigenvalue weighted by Crippen LogP contribution is -2.15. The predicted molar refractivity (Wildman–Crippen MR) is 107 cm³/mol. The van der Waals surface area contributed by atoms with E-state index in [2.05, 4.69) is 17.6 Å². The SMILES string of the molecule is CCCCOc1ccc(C(=O)Nc2cc(NC(=O)C3CC3)ccc2C)cc1. The molecule has 27 heavy (non-hydrogen) atoms. The Hall–Kier alpha value is -2.82. The van der Waals surface area contributed by atoms with E-state index in [-0.39, 0.29) is 17.7 Å². The van der Waals surface area contributed by atoms with Gasteiger partial charge in [-0.05, 0) is 68.1 Å². The number of carbonyl (C=O) groups is 2. The van der Waals surface area contributed by atoms with Crippen LogP contribution in [0.3, 0.4) is 0 Å². The summed E-state index contributed by atoms with van der Waals surface area (Å²) < 4.78 is 5.62. The number of unbranched alkanes of at least 4 members (excludes halogenated alkanes) is 1. The summed E-state index contributed by atoms with van der Waals surface area (Å²) in [6, 6.07) is 12.7. The minimum Gasteiger partial charge on any atom is -0.494 e. The van der Waals surface area contributed by atoms with Crippen LogP contribution in [0.1, 0.15) is 48.5 Å². The molecule has 1 fully saturated rings. The minimum absolute atomic E-state index is 0.0507. The second-order valence-electron chi connectivity index (χ2n) is 6.97. The second-order valence-corrected chi connectivity index (χ2v) is 6.97. The molecule has 0 bridgehead atoms. The van der Waals surface area contributed by atoms with Crippen molar-refractivity contribution in [2.45, 2.75) is 39.5 Å². The predicted octanol–water partition coefficient (Wildman–Crippen LogP) is 4.77. The first-order valence-corrected chi connectivity index (χ1v) is 9.52. The molecule has 0 spiro atoms. The summed E-state index contributed by atoms with van der Waals surface area (Å²) in [5.41, 5.74) is 2.89. The van der Waals surface area contributed by atoms with Gasteiger partial charge in [0.1, 0.15) is 5.75 Å². The molecule has 0 atom stereocenters. The number of hydrogen-bond acceptors (Lipinski definition) is 3. The van der Waals surface area contributed by atoms with Crippen molar-refractivity contribution in [3.8, 4) is 5.75 Å². The highest BCUT2D eigenvalue weighted by Gasteiger charge is 2.29. The fourth-order valence-corrected chi connectivity index (χ4v) is 2.66. The summed E-state index contributed by atoms with van der Waals surface area (Å²) in [5, 5.41) is 5.84. The number of hydrogen-bond donors (Lipinski definition) is 2. The lowest BCUT2D eigenvalue weighted by Gasteiger charge is -2.12. The van der Waals surface area contributed by atoms with Gasteiger partial charge in [0.25, 0.3) is 5.91 Å². The van der Waals surface area contributed by atoms with Crippen molar-refractivity contribution in [2.24, 2.45) is 5.92 Å². The molecule has 0 unspecified atom stereocenters. The molecule has 0 aromatic heterocycles. The molecule has 2 amide bonds. The Morgan fingerprint density at radius 1 is 1.07 bits per heavy atom. The summed E-state index contributed by atoms with van der Waals surface area (Å²) in [6.45, 7) is 4.72. The van der Waals surface area contributed by atoms with E-state index in [4.69, 9.17) is 4.74 Å². The average molecular weight is 366 g/mol. The molecule has 5 nitrogen and oxygen atoms in total. The molecule has 0 heterocycles. The number of rotatable bonds is 8. The van der Waals surface area contributed by atoms with E-state index in [1.54, 1.807) is 18.2 Å². The highest BCUT2D eigenvalue weighted by molar-refractivity contribution is 6.05. The van der Waals surface area contributed by atoms with E-state index in [1.807, 2.05) is 31.2 Å². The van der Waals surface area contributed by atoms with Gasteiger partial charge in [0, 0.05) is 22.9 Å². The number of benzene rings is 2. The maximum absolute atomic E-state index is 12.6. The van der Waals surface area contributed by atoms with Crippen LogP contribution in [0.25, 0.3) is 0 Å². The summed E-state index contributed by atoms with van der Waals surface area (Å²) >= 11 is 0. The summed E-state index contributed by atoms with van der Waals surface area (Å²) in [6.07, 6.45) is 4.01. The van der Waals surface area contributed by atoms with Gasteiger partial charge >= 0.3 is 0 Å². The Bertz CT molecular complexity index is 811. The van der Waals surface area contributed by atoms with Crippen LogP contribution in [0.4, 0.5) is 11.4 Å². The van der Waals surface area contributed by atoms with E-state index < -0.39 is 0 Å². The standard InChI is InChI=1S/C22H26N2O3/c1-3-4-13-27-19-11-8-17(9-12-19)22(26)24-20-14-18(10-5-15(20)2)23-21(25)16-6-7-16/h5,8-12,14,16H,3-4,6-7,13H2,1-2H3,(H,23,25)(H,24,26). The van der Waals surface area contributed by atoms with Gasteiger partial charge < -0.3 is 15.4 Å². The third-order valence-corrected chi connectivity index (χ3v) is 4.58. The van der Waals surface area contributed by atoms with Crippen molar-refractivity contribution < 1.29 is 14.3 Å². The summed E-state index contributed by atoms with van der Waals surface area (Å²) in [7, 11) is 0. The topological polar surface area (TPSA) is 67.4 Å². The molecule has 2 N–H and O–H groups in total. The number of anilines is 2. The molecule has 1 aliphatic carbocycles. The summed E-state index contributed by atoms with van der Waals surface area (Å²) in [4.78, 5) is 24.5. The smallest absolute Gasteiger partial charge is 0.255 e. The van der Waals surface area contributed by atoms with Crippen molar-refractivity contribution in [3.05, 3.63) is 53.6 Å². The monoisotopic (exact) mass is 366 g/mol. The lowest BCUT2D eigenvalue weighted by atomic mass is 10.1. The number of aryl methyl sites for hydroxylation is 1. The van der Waals surface area contributed by atoms with Crippen molar-refractivity contribution in [2.75, 3.05) is 17.2 Å². The molecular weight excluding hydrogens is 340 g/mol. The second kappa shape index (κ2) is 8.71. The molecule has 1 saturated carbocycles. The fraction of sp³-hybridized carbons (Fsp3) is 0.364. The highest BCUT2D eigenvalue weighted by atomic mass is 16.5. The van der Waals surface area contributed by atoms with Gasteiger partial charge in [-0.1, -0.05) is 19.4 Å². The third-order valence-electron chi connectivity index (χ3n) is 4.58. The number of carbonyl (C=O) groups excluding carboxylic acids is 2. The Labute approximate surface area is 160 Å². The Kier molecular flexibility index (Phi) is 6.12. The maximum Gasteiger partial charge on any atom is 0.255 e. The molecular formula is C22H26N2O3. The van der Waals surface area contributed by atoms with Gasteiger partial charge in [-0.3, -0.25) is 9.59 Å². The van der Waals surface area contributed by atoms with Gasteiger partial charge in [0.2, 0.25) is 5.91 Å². The minimum atomic E-state index is -0.191. The van der Waals surface area contributed by atoms with Crippen molar-refractivity contribution in [1.29, 1.82) is 0 Å². The molecule has 2 aromatic rings. The summed E-state index contributed by atoms with van der Waals surface area (Å²) in [5.74, 6) is 0.766. The normalized spacial score (nSPS) is 13.1. The van der Waals surface area contributed by atoms with Crippen molar-refractivity contribution in [1.82, 2.24) is 0 Å². The van der Waals surface area contributed by atoms with E-state index in [1.165, 1.54) is 0 Å². The average Bonchev–Trinajstić information content (AvgIpc) is 3.50. The Morgan fingerprint density at radius 2 is 1.81 bits per heavy atom. The fourth-order valence-electron chi connectivity index (χ4n) is 2.66. The van der Waals surface area contributed by atoms with Crippen LogP contribution in [0, 0.1) is 12.8 Å². The largest absolute Gasteiger partial charge is 0.494 e. The first-order valence-electron chi connectivity index (χ1n) is 9.52. The van der Waals surface area contributed by atoms with Gasteiger partial charge in [0.05, 0.1) is 6.61 Å². The van der Waals surface area contributed by atoms with Gasteiger partial charge in [0.15, 0.2) is 0 Å². The van der Waals surface area contributed by atoms with E-state index >= 15 is 0 Å².